The minimum absolute atomic E-state index is 0.155. The first-order chi connectivity index (χ1) is 10.0. The first kappa shape index (κ1) is 15.8. The maximum Gasteiger partial charge on any atom is 0.269 e. The predicted molar refractivity (Wildman–Crippen MR) is 85.8 cm³/mol. The van der Waals surface area contributed by atoms with Crippen LogP contribution in [-0.4, -0.2) is 35.5 Å². The number of nitrogens with zero attached hydrogens (tertiary/aromatic N) is 2. The van der Waals surface area contributed by atoms with Crippen molar-refractivity contribution >= 4 is 11.4 Å². The first-order valence-corrected chi connectivity index (χ1v) is 7.75. The smallest absolute Gasteiger partial charge is 0.269 e. The average molecular weight is 291 g/mol. The number of hydrogen-bond donors (Lipinski definition) is 1. The molecule has 1 aliphatic heterocycles. The minimum Gasteiger partial charge on any atom is -0.382 e. The predicted octanol–water partition coefficient (Wildman–Crippen LogP) is 3.44. The number of likely N-dealkylation sites (tertiary alicyclic amines) is 1. The average Bonchev–Trinajstić information content (AvgIpc) is 2.49. The third-order valence-corrected chi connectivity index (χ3v) is 4.59. The van der Waals surface area contributed by atoms with Crippen molar-refractivity contribution in [1.82, 2.24) is 4.90 Å². The summed E-state index contributed by atoms with van der Waals surface area (Å²) in [6.07, 6.45) is 2.43. The van der Waals surface area contributed by atoms with Crippen LogP contribution in [-0.2, 0) is 0 Å². The van der Waals surface area contributed by atoms with E-state index in [2.05, 4.69) is 24.1 Å². The van der Waals surface area contributed by atoms with Gasteiger partial charge in [-0.3, -0.25) is 10.1 Å². The first-order valence-electron chi connectivity index (χ1n) is 7.75. The van der Waals surface area contributed by atoms with Gasteiger partial charge in [0.2, 0.25) is 0 Å². The molecular weight excluding hydrogens is 266 g/mol. The van der Waals surface area contributed by atoms with Crippen LogP contribution in [0.2, 0.25) is 0 Å². The highest BCUT2D eigenvalue weighted by molar-refractivity contribution is 5.55. The molecule has 0 radical (unpaired) electrons. The molecule has 116 valence electrons. The quantitative estimate of drug-likeness (QED) is 0.667. The van der Waals surface area contributed by atoms with Crippen molar-refractivity contribution in [3.63, 3.8) is 0 Å². The Labute approximate surface area is 126 Å². The maximum atomic E-state index is 10.8. The molecule has 0 bridgehead atoms. The van der Waals surface area contributed by atoms with Crippen LogP contribution < -0.4 is 5.32 Å². The van der Waals surface area contributed by atoms with E-state index in [1.807, 2.05) is 13.0 Å². The van der Waals surface area contributed by atoms with Crippen LogP contribution in [0.4, 0.5) is 11.4 Å². The van der Waals surface area contributed by atoms with Crippen molar-refractivity contribution in [1.29, 1.82) is 0 Å². The molecule has 5 heteroatoms. The molecule has 0 amide bonds. The van der Waals surface area contributed by atoms with Gasteiger partial charge in [-0.15, -0.1) is 0 Å². The molecule has 1 heterocycles. The van der Waals surface area contributed by atoms with E-state index in [0.29, 0.717) is 12.0 Å². The van der Waals surface area contributed by atoms with Gasteiger partial charge in [0.15, 0.2) is 0 Å². The van der Waals surface area contributed by atoms with Crippen molar-refractivity contribution in [2.45, 2.75) is 39.7 Å². The molecule has 1 saturated heterocycles. The molecular formula is C16H25N3O2. The SMILES string of the molecule is CCN1CCC(C(C)Nc2ccc([N+](=O)[O-])cc2C)CC1. The third kappa shape index (κ3) is 3.94. The Balaban J connectivity index is 1.96. The summed E-state index contributed by atoms with van der Waals surface area (Å²) in [7, 11) is 0. The lowest BCUT2D eigenvalue weighted by atomic mass is 9.90. The largest absolute Gasteiger partial charge is 0.382 e. The van der Waals surface area contributed by atoms with E-state index >= 15 is 0 Å². The fraction of sp³-hybridized carbons (Fsp3) is 0.625. The number of nitro benzene ring substituents is 1. The second-order valence-electron chi connectivity index (χ2n) is 5.96. The molecule has 1 aromatic carbocycles. The number of nitrogens with one attached hydrogen (secondary N) is 1. The van der Waals surface area contributed by atoms with Gasteiger partial charge in [-0.05, 0) is 63.9 Å². The van der Waals surface area contributed by atoms with Gasteiger partial charge in [-0.25, -0.2) is 0 Å². The normalized spacial score (nSPS) is 18.4. The van der Waals surface area contributed by atoms with Gasteiger partial charge in [-0.1, -0.05) is 6.92 Å². The molecule has 1 atom stereocenters. The summed E-state index contributed by atoms with van der Waals surface area (Å²) in [5.41, 5.74) is 2.09. The Morgan fingerprint density at radius 2 is 2.10 bits per heavy atom. The summed E-state index contributed by atoms with van der Waals surface area (Å²) in [4.78, 5) is 12.9. The van der Waals surface area contributed by atoms with Crippen LogP contribution in [0.1, 0.15) is 32.3 Å². The van der Waals surface area contributed by atoms with Crippen LogP contribution >= 0.6 is 0 Å². The number of aryl methyl sites for hydroxylation is 1. The molecule has 2 rings (SSSR count). The van der Waals surface area contributed by atoms with Gasteiger partial charge in [0.25, 0.3) is 5.69 Å². The van der Waals surface area contributed by atoms with E-state index in [-0.39, 0.29) is 10.6 Å². The number of rotatable bonds is 5. The minimum atomic E-state index is -0.347. The van der Waals surface area contributed by atoms with Gasteiger partial charge in [-0.2, -0.15) is 0 Å². The maximum absolute atomic E-state index is 10.8. The zero-order valence-corrected chi connectivity index (χ0v) is 13.1. The van der Waals surface area contributed by atoms with Crippen molar-refractivity contribution in [3.05, 3.63) is 33.9 Å². The van der Waals surface area contributed by atoms with Gasteiger partial charge < -0.3 is 10.2 Å². The Morgan fingerprint density at radius 3 is 2.62 bits per heavy atom. The second kappa shape index (κ2) is 6.89. The zero-order chi connectivity index (χ0) is 15.4. The molecule has 1 fully saturated rings. The molecule has 21 heavy (non-hydrogen) atoms. The van der Waals surface area contributed by atoms with Crippen LogP contribution in [0.15, 0.2) is 18.2 Å². The van der Waals surface area contributed by atoms with Gasteiger partial charge in [0.05, 0.1) is 4.92 Å². The molecule has 1 N–H and O–H groups in total. The lowest BCUT2D eigenvalue weighted by Gasteiger charge is -2.35. The van der Waals surface area contributed by atoms with Crippen LogP contribution in [0.5, 0.6) is 0 Å². The Hall–Kier alpha value is -1.62. The summed E-state index contributed by atoms with van der Waals surface area (Å²) in [5.74, 6) is 0.669. The molecule has 1 aliphatic rings. The molecule has 1 aromatic rings. The van der Waals surface area contributed by atoms with Crippen molar-refractivity contribution in [3.8, 4) is 0 Å². The Bertz CT molecular complexity index is 496. The van der Waals surface area contributed by atoms with E-state index < -0.39 is 0 Å². The van der Waals surface area contributed by atoms with E-state index in [1.165, 1.54) is 25.9 Å². The molecule has 0 aliphatic carbocycles. The lowest BCUT2D eigenvalue weighted by molar-refractivity contribution is -0.384. The van der Waals surface area contributed by atoms with Crippen LogP contribution in [0.3, 0.4) is 0 Å². The van der Waals surface area contributed by atoms with E-state index in [1.54, 1.807) is 12.1 Å². The van der Waals surface area contributed by atoms with Crippen molar-refractivity contribution < 1.29 is 4.92 Å². The van der Waals surface area contributed by atoms with Crippen molar-refractivity contribution in [2.24, 2.45) is 5.92 Å². The number of non-ortho nitro benzene ring substituents is 1. The summed E-state index contributed by atoms with van der Waals surface area (Å²) < 4.78 is 0. The summed E-state index contributed by atoms with van der Waals surface area (Å²) in [6.45, 7) is 9.83. The summed E-state index contributed by atoms with van der Waals surface area (Å²) in [5, 5.41) is 14.3. The molecule has 0 aromatic heterocycles. The summed E-state index contributed by atoms with van der Waals surface area (Å²) >= 11 is 0. The fourth-order valence-electron chi connectivity index (χ4n) is 3.06. The topological polar surface area (TPSA) is 58.4 Å². The standard InChI is InChI=1S/C16H25N3O2/c1-4-18-9-7-14(8-10-18)13(3)17-16-6-5-15(19(20)21)11-12(16)2/h5-6,11,13-14,17H,4,7-10H2,1-3H3. The van der Waals surface area contributed by atoms with E-state index in [0.717, 1.165) is 17.8 Å². The van der Waals surface area contributed by atoms with E-state index in [9.17, 15) is 10.1 Å². The number of benzene rings is 1. The highest BCUT2D eigenvalue weighted by Gasteiger charge is 2.23. The molecule has 0 spiro atoms. The van der Waals surface area contributed by atoms with Crippen molar-refractivity contribution in [2.75, 3.05) is 25.0 Å². The lowest BCUT2D eigenvalue weighted by Crippen LogP contribution is -2.39. The van der Waals surface area contributed by atoms with Gasteiger partial charge in [0, 0.05) is 23.9 Å². The Morgan fingerprint density at radius 1 is 1.43 bits per heavy atom. The fourth-order valence-corrected chi connectivity index (χ4v) is 3.06. The highest BCUT2D eigenvalue weighted by atomic mass is 16.6. The summed E-state index contributed by atoms with van der Waals surface area (Å²) in [6, 6.07) is 5.42. The van der Waals surface area contributed by atoms with E-state index in [4.69, 9.17) is 0 Å². The Kier molecular flexibility index (Phi) is 5.17. The highest BCUT2D eigenvalue weighted by Crippen LogP contribution is 2.26. The van der Waals surface area contributed by atoms with Crippen LogP contribution in [0, 0.1) is 23.0 Å². The van der Waals surface area contributed by atoms with Crippen LogP contribution in [0.25, 0.3) is 0 Å². The molecule has 0 saturated carbocycles. The third-order valence-electron chi connectivity index (χ3n) is 4.59. The van der Waals surface area contributed by atoms with Gasteiger partial charge >= 0.3 is 0 Å². The number of anilines is 1. The molecule has 5 nitrogen and oxygen atoms in total. The number of piperidine rings is 1. The number of nitro groups is 1. The monoisotopic (exact) mass is 291 g/mol. The zero-order valence-electron chi connectivity index (χ0n) is 13.1. The molecule has 1 unspecified atom stereocenters. The van der Waals surface area contributed by atoms with Gasteiger partial charge in [0.1, 0.15) is 0 Å². The number of hydrogen-bond acceptors (Lipinski definition) is 4. The second-order valence-corrected chi connectivity index (χ2v) is 5.96.